The molecule has 0 aliphatic carbocycles. The molecular formula is C9H8BrN3O. The van der Waals surface area contributed by atoms with Crippen molar-refractivity contribution in [1.82, 2.24) is 15.3 Å². The molecule has 0 spiro atoms. The molecule has 14 heavy (non-hydrogen) atoms. The van der Waals surface area contributed by atoms with Crippen molar-refractivity contribution in [2.24, 2.45) is 0 Å². The molecule has 0 radical (unpaired) electrons. The molecule has 0 aromatic carbocycles. The van der Waals surface area contributed by atoms with Gasteiger partial charge in [-0.2, -0.15) is 0 Å². The Morgan fingerprint density at radius 3 is 2.93 bits per heavy atom. The lowest BCUT2D eigenvalue weighted by atomic mass is 10.4. The van der Waals surface area contributed by atoms with Crippen LogP contribution in [0, 0.1) is 11.8 Å². The number of nitrogens with one attached hydrogen (secondary N) is 1. The molecule has 1 heterocycles. The van der Waals surface area contributed by atoms with Crippen LogP contribution in [-0.2, 0) is 4.79 Å². The van der Waals surface area contributed by atoms with Gasteiger partial charge in [0, 0.05) is 6.92 Å². The fourth-order valence-electron chi connectivity index (χ4n) is 0.680. The molecule has 0 aliphatic rings. The Morgan fingerprint density at radius 1 is 1.57 bits per heavy atom. The van der Waals surface area contributed by atoms with Crippen LogP contribution in [0.2, 0.25) is 0 Å². The van der Waals surface area contributed by atoms with E-state index < -0.39 is 0 Å². The van der Waals surface area contributed by atoms with E-state index in [4.69, 9.17) is 0 Å². The third kappa shape index (κ3) is 4.01. The number of rotatable bonds is 1. The average Bonchev–Trinajstić information content (AvgIpc) is 2.15. The van der Waals surface area contributed by atoms with Gasteiger partial charge in [0.15, 0.2) is 0 Å². The summed E-state index contributed by atoms with van der Waals surface area (Å²) in [4.78, 5) is 18.4. The molecule has 0 saturated carbocycles. The highest BCUT2D eigenvalue weighted by Gasteiger charge is 1.89. The zero-order valence-electron chi connectivity index (χ0n) is 7.54. The Kier molecular flexibility index (Phi) is 4.08. The summed E-state index contributed by atoms with van der Waals surface area (Å²) in [6.45, 7) is 1.77. The topological polar surface area (TPSA) is 54.9 Å². The molecule has 1 aromatic rings. The molecule has 0 atom stereocenters. The van der Waals surface area contributed by atoms with Crippen molar-refractivity contribution in [2.75, 3.05) is 6.54 Å². The Hall–Kier alpha value is -1.41. The van der Waals surface area contributed by atoms with Crippen molar-refractivity contribution < 1.29 is 4.79 Å². The molecule has 0 bridgehead atoms. The van der Waals surface area contributed by atoms with Crippen molar-refractivity contribution in [3.63, 3.8) is 0 Å². The van der Waals surface area contributed by atoms with E-state index in [0.717, 1.165) is 0 Å². The third-order valence-electron chi connectivity index (χ3n) is 1.26. The van der Waals surface area contributed by atoms with E-state index in [2.05, 4.69) is 43.1 Å². The van der Waals surface area contributed by atoms with Crippen molar-refractivity contribution in [3.05, 3.63) is 22.7 Å². The molecule has 4 nitrogen and oxygen atoms in total. The van der Waals surface area contributed by atoms with Gasteiger partial charge in [-0.1, -0.05) is 5.92 Å². The molecule has 5 heteroatoms. The second kappa shape index (κ2) is 5.35. The van der Waals surface area contributed by atoms with Crippen LogP contribution in [0.25, 0.3) is 0 Å². The lowest BCUT2D eigenvalue weighted by Crippen LogP contribution is -2.19. The third-order valence-corrected chi connectivity index (χ3v) is 1.67. The molecule has 1 aromatic heterocycles. The van der Waals surface area contributed by atoms with Gasteiger partial charge in [-0.3, -0.25) is 4.79 Å². The predicted octanol–water partition coefficient (Wildman–Crippen LogP) is 0.727. The van der Waals surface area contributed by atoms with Gasteiger partial charge in [0.05, 0.1) is 18.9 Å². The SMILES string of the molecule is CC(=O)NCC#Cc1cnc(Br)cn1. The number of aromatic nitrogens is 2. The summed E-state index contributed by atoms with van der Waals surface area (Å²) in [7, 11) is 0. The number of nitrogens with zero attached hydrogens (tertiary/aromatic N) is 2. The van der Waals surface area contributed by atoms with Gasteiger partial charge in [0.25, 0.3) is 0 Å². The fourth-order valence-corrected chi connectivity index (χ4v) is 0.885. The molecule has 1 N–H and O–H groups in total. The first-order chi connectivity index (χ1) is 6.68. The molecule has 0 fully saturated rings. The first kappa shape index (κ1) is 10.7. The highest BCUT2D eigenvalue weighted by Crippen LogP contribution is 2.01. The molecule has 1 amide bonds. The lowest BCUT2D eigenvalue weighted by Gasteiger charge is -1.91. The minimum Gasteiger partial charge on any atom is -0.345 e. The Balaban J connectivity index is 2.51. The van der Waals surface area contributed by atoms with Crippen LogP contribution in [0.5, 0.6) is 0 Å². The van der Waals surface area contributed by atoms with Gasteiger partial charge in [-0.25, -0.2) is 9.97 Å². The van der Waals surface area contributed by atoms with Crippen LogP contribution in [0.3, 0.4) is 0 Å². The Labute approximate surface area is 90.3 Å². The molecule has 0 saturated heterocycles. The van der Waals surface area contributed by atoms with Gasteiger partial charge < -0.3 is 5.32 Å². The largest absolute Gasteiger partial charge is 0.345 e. The van der Waals surface area contributed by atoms with Gasteiger partial charge in [0.1, 0.15) is 10.3 Å². The summed E-state index contributed by atoms with van der Waals surface area (Å²) in [5.74, 6) is 5.42. The highest BCUT2D eigenvalue weighted by atomic mass is 79.9. The predicted molar refractivity (Wildman–Crippen MR) is 55.3 cm³/mol. The minimum atomic E-state index is -0.0961. The zero-order chi connectivity index (χ0) is 10.4. The van der Waals surface area contributed by atoms with Crippen molar-refractivity contribution >= 4 is 21.8 Å². The van der Waals surface area contributed by atoms with E-state index in [-0.39, 0.29) is 5.91 Å². The standard InChI is InChI=1S/C9H8BrN3O/c1-7(14)11-4-2-3-8-5-13-9(10)6-12-8/h5-6H,4H2,1H3,(H,11,14). The quantitative estimate of drug-likeness (QED) is 0.751. The zero-order valence-corrected chi connectivity index (χ0v) is 9.13. The van der Waals surface area contributed by atoms with E-state index in [1.54, 1.807) is 12.4 Å². The van der Waals surface area contributed by atoms with E-state index in [1.165, 1.54) is 6.92 Å². The number of carbonyl (C=O) groups is 1. The van der Waals surface area contributed by atoms with E-state index in [9.17, 15) is 4.79 Å². The maximum Gasteiger partial charge on any atom is 0.217 e. The van der Waals surface area contributed by atoms with Crippen LogP contribution in [-0.4, -0.2) is 22.4 Å². The van der Waals surface area contributed by atoms with Crippen LogP contribution in [0.4, 0.5) is 0 Å². The van der Waals surface area contributed by atoms with Gasteiger partial charge in [0.2, 0.25) is 5.91 Å². The highest BCUT2D eigenvalue weighted by molar-refractivity contribution is 9.10. The number of hydrogen-bond acceptors (Lipinski definition) is 3. The smallest absolute Gasteiger partial charge is 0.217 e. The number of amides is 1. The Bertz CT molecular complexity index is 377. The maximum absolute atomic E-state index is 10.5. The van der Waals surface area contributed by atoms with E-state index in [1.807, 2.05) is 0 Å². The molecule has 0 unspecified atom stereocenters. The number of halogens is 1. The summed E-state index contributed by atoms with van der Waals surface area (Å²) in [6, 6.07) is 0. The molecule has 1 rings (SSSR count). The van der Waals surface area contributed by atoms with Crippen LogP contribution >= 0.6 is 15.9 Å². The average molecular weight is 254 g/mol. The number of hydrogen-bond donors (Lipinski definition) is 1. The second-order valence-corrected chi connectivity index (χ2v) is 3.25. The fraction of sp³-hybridized carbons (Fsp3) is 0.222. The summed E-state index contributed by atoms with van der Waals surface area (Å²) in [5.41, 5.74) is 0.582. The van der Waals surface area contributed by atoms with Crippen molar-refractivity contribution in [3.8, 4) is 11.8 Å². The van der Waals surface area contributed by atoms with Crippen LogP contribution in [0.15, 0.2) is 17.0 Å². The summed E-state index contributed by atoms with van der Waals surface area (Å²) >= 11 is 3.17. The van der Waals surface area contributed by atoms with Crippen LogP contribution in [0.1, 0.15) is 12.6 Å². The van der Waals surface area contributed by atoms with Gasteiger partial charge in [-0.15, -0.1) is 0 Å². The van der Waals surface area contributed by atoms with Gasteiger partial charge >= 0.3 is 0 Å². The molecule has 0 aliphatic heterocycles. The van der Waals surface area contributed by atoms with E-state index >= 15 is 0 Å². The molecular weight excluding hydrogens is 246 g/mol. The van der Waals surface area contributed by atoms with E-state index in [0.29, 0.717) is 16.8 Å². The minimum absolute atomic E-state index is 0.0961. The summed E-state index contributed by atoms with van der Waals surface area (Å²) in [5, 5.41) is 2.56. The maximum atomic E-state index is 10.5. The Morgan fingerprint density at radius 2 is 2.36 bits per heavy atom. The van der Waals surface area contributed by atoms with Crippen molar-refractivity contribution in [2.45, 2.75) is 6.92 Å². The monoisotopic (exact) mass is 253 g/mol. The first-order valence-corrected chi connectivity index (χ1v) is 4.68. The summed E-state index contributed by atoms with van der Waals surface area (Å²) in [6.07, 6.45) is 3.13. The normalized spacial score (nSPS) is 8.71. The van der Waals surface area contributed by atoms with Gasteiger partial charge in [-0.05, 0) is 21.9 Å². The van der Waals surface area contributed by atoms with Crippen molar-refractivity contribution in [1.29, 1.82) is 0 Å². The van der Waals surface area contributed by atoms with Crippen LogP contribution < -0.4 is 5.32 Å². The number of carbonyl (C=O) groups excluding carboxylic acids is 1. The second-order valence-electron chi connectivity index (χ2n) is 2.44. The lowest BCUT2D eigenvalue weighted by molar-refractivity contribution is -0.118. The summed E-state index contributed by atoms with van der Waals surface area (Å²) < 4.78 is 0.671. The molecule has 72 valence electrons. The first-order valence-electron chi connectivity index (χ1n) is 3.89.